The highest BCUT2D eigenvalue weighted by Crippen LogP contribution is 2.28. The smallest absolute Gasteiger partial charge is 0.162 e. The van der Waals surface area contributed by atoms with Crippen molar-refractivity contribution in [3.8, 4) is 17.6 Å². The van der Waals surface area contributed by atoms with E-state index in [1.165, 1.54) is 0 Å². The first kappa shape index (κ1) is 14.3. The summed E-state index contributed by atoms with van der Waals surface area (Å²) in [6.45, 7) is 4.10. The van der Waals surface area contributed by atoms with Crippen molar-refractivity contribution >= 4 is 0 Å². The highest BCUT2D eigenvalue weighted by atomic mass is 16.5. The average Bonchev–Trinajstić information content (AvgIpc) is 2.36. The lowest BCUT2D eigenvalue weighted by Gasteiger charge is -2.13. The van der Waals surface area contributed by atoms with Gasteiger partial charge >= 0.3 is 0 Å². The number of ether oxygens (including phenoxy) is 2. The average molecular weight is 248 g/mol. The van der Waals surface area contributed by atoms with Gasteiger partial charge in [-0.3, -0.25) is 0 Å². The molecular weight excluding hydrogens is 228 g/mol. The molecule has 0 aliphatic heterocycles. The van der Waals surface area contributed by atoms with E-state index in [1.807, 2.05) is 21.0 Å². The predicted molar refractivity (Wildman–Crippen MR) is 71.0 cm³/mol. The van der Waals surface area contributed by atoms with Crippen molar-refractivity contribution in [1.82, 2.24) is 4.90 Å². The molecule has 0 unspecified atom stereocenters. The minimum atomic E-state index is 0.558. The van der Waals surface area contributed by atoms with Crippen LogP contribution in [0.4, 0.5) is 0 Å². The van der Waals surface area contributed by atoms with E-state index in [4.69, 9.17) is 14.7 Å². The molecule has 0 bridgehead atoms. The molecule has 0 fully saturated rings. The molecule has 0 aromatic heterocycles. The Balaban J connectivity index is 2.61. The Labute approximate surface area is 109 Å². The fourth-order valence-electron chi connectivity index (χ4n) is 1.53. The molecular formula is C14H20N2O2. The summed E-state index contributed by atoms with van der Waals surface area (Å²) in [5, 5.41) is 8.84. The van der Waals surface area contributed by atoms with Gasteiger partial charge in [-0.15, -0.1) is 0 Å². The zero-order valence-corrected chi connectivity index (χ0v) is 11.3. The molecule has 0 saturated heterocycles. The summed E-state index contributed by atoms with van der Waals surface area (Å²) in [5.74, 6) is 1.34. The Hall–Kier alpha value is -1.73. The molecule has 0 aliphatic rings. The fraction of sp³-hybridized carbons (Fsp3) is 0.500. The van der Waals surface area contributed by atoms with E-state index in [0.29, 0.717) is 30.3 Å². The number of nitriles is 1. The van der Waals surface area contributed by atoms with Gasteiger partial charge in [0.1, 0.15) is 0 Å². The van der Waals surface area contributed by atoms with Crippen molar-refractivity contribution in [3.05, 3.63) is 23.8 Å². The van der Waals surface area contributed by atoms with Crippen LogP contribution < -0.4 is 9.47 Å². The van der Waals surface area contributed by atoms with Crippen molar-refractivity contribution in [2.24, 2.45) is 0 Å². The van der Waals surface area contributed by atoms with Gasteiger partial charge in [0.25, 0.3) is 0 Å². The van der Waals surface area contributed by atoms with Gasteiger partial charge in [0.05, 0.1) is 24.8 Å². The molecule has 1 aromatic carbocycles. The molecule has 0 aliphatic carbocycles. The number of rotatable bonds is 7. The maximum absolute atomic E-state index is 8.84. The van der Waals surface area contributed by atoms with Crippen LogP contribution in [0.15, 0.2) is 18.2 Å². The predicted octanol–water partition coefficient (Wildman–Crippen LogP) is 2.29. The quantitative estimate of drug-likeness (QED) is 0.694. The summed E-state index contributed by atoms with van der Waals surface area (Å²) in [6, 6.07) is 7.34. The second kappa shape index (κ2) is 7.57. The zero-order valence-electron chi connectivity index (χ0n) is 11.3. The molecule has 0 amide bonds. The third-order valence-corrected chi connectivity index (χ3v) is 2.38. The second-order valence-corrected chi connectivity index (χ2v) is 4.21. The lowest BCUT2D eigenvalue weighted by molar-refractivity contribution is 0.258. The van der Waals surface area contributed by atoms with Crippen LogP contribution in [0.25, 0.3) is 0 Å². The Kier molecular flexibility index (Phi) is 6.03. The van der Waals surface area contributed by atoms with E-state index in [2.05, 4.69) is 11.0 Å². The highest BCUT2D eigenvalue weighted by molar-refractivity contribution is 5.46. The van der Waals surface area contributed by atoms with Crippen molar-refractivity contribution < 1.29 is 9.47 Å². The van der Waals surface area contributed by atoms with Crippen LogP contribution in [0.3, 0.4) is 0 Å². The minimum absolute atomic E-state index is 0.558. The molecule has 1 aromatic rings. The summed E-state index contributed by atoms with van der Waals surface area (Å²) in [4.78, 5) is 2.12. The summed E-state index contributed by atoms with van der Waals surface area (Å²) in [5.41, 5.74) is 0.582. The van der Waals surface area contributed by atoms with E-state index < -0.39 is 0 Å². The maximum atomic E-state index is 8.84. The molecule has 0 spiro atoms. The molecule has 0 N–H and O–H groups in total. The van der Waals surface area contributed by atoms with Gasteiger partial charge < -0.3 is 14.4 Å². The van der Waals surface area contributed by atoms with Gasteiger partial charge in [-0.25, -0.2) is 0 Å². The van der Waals surface area contributed by atoms with Gasteiger partial charge in [0.15, 0.2) is 11.5 Å². The SMILES string of the molecule is CCOc1cc(C#N)ccc1OCCCN(C)C. The van der Waals surface area contributed by atoms with Crippen molar-refractivity contribution in [2.45, 2.75) is 13.3 Å². The summed E-state index contributed by atoms with van der Waals surface area (Å²) < 4.78 is 11.1. The molecule has 4 heteroatoms. The summed E-state index contributed by atoms with van der Waals surface area (Å²) in [7, 11) is 4.07. The molecule has 18 heavy (non-hydrogen) atoms. The number of hydrogen-bond donors (Lipinski definition) is 0. The maximum Gasteiger partial charge on any atom is 0.162 e. The Morgan fingerprint density at radius 1 is 1.22 bits per heavy atom. The van der Waals surface area contributed by atoms with E-state index in [0.717, 1.165) is 13.0 Å². The van der Waals surface area contributed by atoms with Crippen LogP contribution in [0.5, 0.6) is 11.5 Å². The van der Waals surface area contributed by atoms with Crippen LogP contribution in [-0.4, -0.2) is 38.8 Å². The van der Waals surface area contributed by atoms with Gasteiger partial charge in [-0.1, -0.05) is 0 Å². The number of nitrogens with zero attached hydrogens (tertiary/aromatic N) is 2. The van der Waals surface area contributed by atoms with Crippen molar-refractivity contribution in [1.29, 1.82) is 5.26 Å². The molecule has 98 valence electrons. The fourth-order valence-corrected chi connectivity index (χ4v) is 1.53. The highest BCUT2D eigenvalue weighted by Gasteiger charge is 2.06. The first-order chi connectivity index (χ1) is 8.67. The van der Waals surface area contributed by atoms with Gasteiger partial charge in [0, 0.05) is 12.6 Å². The Bertz CT molecular complexity index is 411. The van der Waals surface area contributed by atoms with E-state index >= 15 is 0 Å². The van der Waals surface area contributed by atoms with Gasteiger partial charge in [-0.2, -0.15) is 5.26 Å². The van der Waals surface area contributed by atoms with Crippen LogP contribution in [0, 0.1) is 11.3 Å². The first-order valence-corrected chi connectivity index (χ1v) is 6.12. The Morgan fingerprint density at radius 2 is 2.00 bits per heavy atom. The molecule has 0 radical (unpaired) electrons. The number of hydrogen-bond acceptors (Lipinski definition) is 4. The molecule has 1 rings (SSSR count). The van der Waals surface area contributed by atoms with Crippen molar-refractivity contribution in [3.63, 3.8) is 0 Å². The lowest BCUT2D eigenvalue weighted by Crippen LogP contribution is -2.15. The minimum Gasteiger partial charge on any atom is -0.490 e. The Morgan fingerprint density at radius 3 is 2.61 bits per heavy atom. The zero-order chi connectivity index (χ0) is 13.4. The standard InChI is InChI=1S/C14H20N2O2/c1-4-17-14-10-12(11-15)6-7-13(14)18-9-5-8-16(2)3/h6-7,10H,4-5,8-9H2,1-3H3. The summed E-state index contributed by atoms with van der Waals surface area (Å²) in [6.07, 6.45) is 0.957. The van der Waals surface area contributed by atoms with E-state index in [-0.39, 0.29) is 0 Å². The second-order valence-electron chi connectivity index (χ2n) is 4.21. The molecule has 4 nitrogen and oxygen atoms in total. The molecule has 0 saturated carbocycles. The van der Waals surface area contributed by atoms with Gasteiger partial charge in [-0.05, 0) is 39.6 Å². The van der Waals surface area contributed by atoms with Gasteiger partial charge in [0.2, 0.25) is 0 Å². The van der Waals surface area contributed by atoms with Crippen LogP contribution in [0.2, 0.25) is 0 Å². The third kappa shape index (κ3) is 4.64. The van der Waals surface area contributed by atoms with E-state index in [1.54, 1.807) is 18.2 Å². The van der Waals surface area contributed by atoms with Crippen LogP contribution in [-0.2, 0) is 0 Å². The van der Waals surface area contributed by atoms with Crippen LogP contribution >= 0.6 is 0 Å². The lowest BCUT2D eigenvalue weighted by atomic mass is 10.2. The number of benzene rings is 1. The normalized spacial score (nSPS) is 10.2. The summed E-state index contributed by atoms with van der Waals surface area (Å²) >= 11 is 0. The van der Waals surface area contributed by atoms with Crippen molar-refractivity contribution in [2.75, 3.05) is 33.9 Å². The third-order valence-electron chi connectivity index (χ3n) is 2.38. The molecule has 0 atom stereocenters. The monoisotopic (exact) mass is 248 g/mol. The topological polar surface area (TPSA) is 45.5 Å². The van der Waals surface area contributed by atoms with E-state index in [9.17, 15) is 0 Å². The first-order valence-electron chi connectivity index (χ1n) is 6.12. The van der Waals surface area contributed by atoms with Crippen LogP contribution in [0.1, 0.15) is 18.9 Å². The largest absolute Gasteiger partial charge is 0.490 e. The molecule has 0 heterocycles.